The number of halogens is 1. The topological polar surface area (TPSA) is 26.5 Å². The van der Waals surface area contributed by atoms with Crippen LogP contribution in [0.2, 0.25) is 0 Å². The molecule has 3 aliphatic heterocycles. The first kappa shape index (κ1) is 17.3. The fourth-order valence-corrected chi connectivity index (χ4v) is 5.32. The van der Waals surface area contributed by atoms with Gasteiger partial charge >= 0.3 is 0 Å². The van der Waals surface area contributed by atoms with Gasteiger partial charge in [-0.2, -0.15) is 0 Å². The maximum atomic E-state index is 6.60. The molecule has 2 aromatic rings. The molecule has 0 N–H and O–H groups in total. The molecule has 4 heterocycles. The van der Waals surface area contributed by atoms with Gasteiger partial charge in [-0.3, -0.25) is 0 Å². The maximum absolute atomic E-state index is 6.60. The van der Waals surface area contributed by atoms with Gasteiger partial charge < -0.3 is 37.8 Å². The van der Waals surface area contributed by atoms with Crippen LogP contribution in [0.5, 0.6) is 0 Å². The number of para-hydroxylation sites is 1. The number of hydrogen-bond acceptors (Lipinski definition) is 2. The molecule has 2 saturated heterocycles. The Morgan fingerprint density at radius 2 is 1.84 bits per heavy atom. The molecule has 0 aliphatic carbocycles. The highest BCUT2D eigenvalue weighted by molar-refractivity contribution is 6.07. The number of rotatable bonds is 1. The molecule has 1 aromatic heterocycles. The number of ether oxygens (including phenoxy) is 1. The molecular weight excluding hydrogens is 425 g/mol. The van der Waals surface area contributed by atoms with Crippen LogP contribution in [-0.4, -0.2) is 53.3 Å². The van der Waals surface area contributed by atoms with E-state index in [1.807, 2.05) is 0 Å². The standard InChI is InChI=1S/C20H26N3O.HI/c1-22-12-17(16-6-4-5-7-18(16)22)19-21-13-20(24-19)10-14-8-9-15(11-20)23(14,2)3;/h4-7,12,14-15H,8-11,13H2,1-3H3;1H/q+1;/p-1. The molecule has 0 saturated carbocycles. The first-order chi connectivity index (χ1) is 11.5. The molecule has 134 valence electrons. The normalized spacial score (nSPS) is 32.5. The Labute approximate surface area is 166 Å². The summed E-state index contributed by atoms with van der Waals surface area (Å²) in [4.78, 5) is 4.86. The molecule has 2 unspecified atom stereocenters. The molecule has 5 rings (SSSR count). The summed E-state index contributed by atoms with van der Waals surface area (Å²) < 4.78 is 9.95. The third kappa shape index (κ3) is 2.46. The predicted octanol–water partition coefficient (Wildman–Crippen LogP) is 0.0991. The molecule has 0 radical (unpaired) electrons. The molecule has 1 aromatic carbocycles. The van der Waals surface area contributed by atoms with Crippen molar-refractivity contribution in [3.05, 3.63) is 36.0 Å². The summed E-state index contributed by atoms with van der Waals surface area (Å²) in [5.41, 5.74) is 2.34. The van der Waals surface area contributed by atoms with Gasteiger partial charge in [0, 0.05) is 49.8 Å². The van der Waals surface area contributed by atoms with Crippen molar-refractivity contribution in [1.29, 1.82) is 0 Å². The summed E-state index contributed by atoms with van der Waals surface area (Å²) in [6.45, 7) is 0.832. The zero-order valence-corrected chi connectivity index (χ0v) is 17.4. The minimum absolute atomic E-state index is 0. The van der Waals surface area contributed by atoms with Crippen molar-refractivity contribution < 1.29 is 33.2 Å². The lowest BCUT2D eigenvalue weighted by Gasteiger charge is -2.47. The van der Waals surface area contributed by atoms with Gasteiger partial charge in [-0.1, -0.05) is 18.2 Å². The number of piperidine rings is 1. The number of aryl methyl sites for hydroxylation is 1. The molecular formula is C20H26IN3O. The molecule has 5 heteroatoms. The SMILES string of the molecule is Cn1cc(C2=NCC3(CC4CCC(C3)[N+]4(C)C)O2)c2ccccc21.[I-]. The van der Waals surface area contributed by atoms with E-state index in [9.17, 15) is 0 Å². The number of nitrogens with zero attached hydrogens (tertiary/aromatic N) is 3. The van der Waals surface area contributed by atoms with Crippen molar-refractivity contribution in [3.63, 3.8) is 0 Å². The monoisotopic (exact) mass is 451 g/mol. The van der Waals surface area contributed by atoms with E-state index in [2.05, 4.69) is 56.2 Å². The van der Waals surface area contributed by atoms with Crippen molar-refractivity contribution in [2.45, 2.75) is 43.4 Å². The number of quaternary nitrogens is 1. The van der Waals surface area contributed by atoms with Crippen molar-refractivity contribution in [1.82, 2.24) is 4.57 Å². The Hall–Kier alpha value is -1.08. The molecule has 3 aliphatic rings. The van der Waals surface area contributed by atoms with Gasteiger partial charge in [0.05, 0.1) is 38.3 Å². The van der Waals surface area contributed by atoms with E-state index in [1.54, 1.807) is 0 Å². The Bertz CT molecular complexity index is 838. The minimum atomic E-state index is -0.0497. The third-order valence-electron chi connectivity index (χ3n) is 6.88. The van der Waals surface area contributed by atoms with Gasteiger partial charge in [0.15, 0.2) is 0 Å². The van der Waals surface area contributed by atoms with Gasteiger partial charge in [0.1, 0.15) is 5.60 Å². The summed E-state index contributed by atoms with van der Waals surface area (Å²) in [7, 11) is 6.89. The predicted molar refractivity (Wildman–Crippen MR) is 96.3 cm³/mol. The van der Waals surface area contributed by atoms with E-state index < -0.39 is 0 Å². The highest BCUT2D eigenvalue weighted by Gasteiger charge is 2.57. The van der Waals surface area contributed by atoms with Crippen LogP contribution in [0, 0.1) is 0 Å². The van der Waals surface area contributed by atoms with Gasteiger partial charge in [0.2, 0.25) is 5.90 Å². The van der Waals surface area contributed by atoms with Crippen molar-refractivity contribution in [2.75, 3.05) is 20.6 Å². The number of fused-ring (bicyclic) bond motifs is 3. The van der Waals surface area contributed by atoms with Crippen LogP contribution < -0.4 is 24.0 Å². The lowest BCUT2D eigenvalue weighted by molar-refractivity contribution is -0.932. The van der Waals surface area contributed by atoms with Gasteiger partial charge in [-0.15, -0.1) is 0 Å². The average Bonchev–Trinajstić information content (AvgIpc) is 3.13. The lowest BCUT2D eigenvalue weighted by Crippen LogP contribution is -3.00. The summed E-state index contributed by atoms with van der Waals surface area (Å²) in [5, 5.41) is 1.24. The Kier molecular flexibility index (Phi) is 3.96. The number of benzene rings is 1. The number of hydrogen-bond donors (Lipinski definition) is 0. The minimum Gasteiger partial charge on any atom is -1.00 e. The van der Waals surface area contributed by atoms with E-state index >= 15 is 0 Å². The first-order valence-corrected chi connectivity index (χ1v) is 9.10. The number of aliphatic imine (C=N–C) groups is 1. The second kappa shape index (κ2) is 5.71. The molecule has 1 spiro atoms. The molecule has 2 bridgehead atoms. The first-order valence-electron chi connectivity index (χ1n) is 9.10. The molecule has 2 fully saturated rings. The van der Waals surface area contributed by atoms with Crippen LogP contribution >= 0.6 is 0 Å². The fourth-order valence-electron chi connectivity index (χ4n) is 5.32. The summed E-state index contributed by atoms with van der Waals surface area (Å²) in [5.74, 6) is 0.860. The van der Waals surface area contributed by atoms with Gasteiger partial charge in [-0.25, -0.2) is 4.99 Å². The van der Waals surface area contributed by atoms with Crippen LogP contribution in [0.3, 0.4) is 0 Å². The van der Waals surface area contributed by atoms with Crippen LogP contribution in [0.25, 0.3) is 10.9 Å². The smallest absolute Gasteiger partial charge is 0.219 e. The molecule has 0 amide bonds. The molecule has 2 atom stereocenters. The fraction of sp³-hybridized carbons (Fsp3) is 0.550. The Morgan fingerprint density at radius 1 is 1.16 bits per heavy atom. The third-order valence-corrected chi connectivity index (χ3v) is 6.88. The number of aromatic nitrogens is 1. The van der Waals surface area contributed by atoms with Crippen LogP contribution in [0.4, 0.5) is 0 Å². The highest BCUT2D eigenvalue weighted by Crippen LogP contribution is 2.47. The van der Waals surface area contributed by atoms with E-state index in [0.29, 0.717) is 0 Å². The van der Waals surface area contributed by atoms with E-state index in [1.165, 1.54) is 28.2 Å². The summed E-state index contributed by atoms with van der Waals surface area (Å²) in [6.07, 6.45) is 7.14. The zero-order valence-electron chi connectivity index (χ0n) is 15.2. The second-order valence-corrected chi connectivity index (χ2v) is 8.50. The van der Waals surface area contributed by atoms with Gasteiger partial charge in [-0.05, 0) is 6.07 Å². The van der Waals surface area contributed by atoms with Gasteiger partial charge in [0.25, 0.3) is 0 Å². The molecule has 4 nitrogen and oxygen atoms in total. The quantitative estimate of drug-likeness (QED) is 0.447. The average molecular weight is 451 g/mol. The summed E-state index contributed by atoms with van der Waals surface area (Å²) >= 11 is 0. The highest BCUT2D eigenvalue weighted by atomic mass is 127. The van der Waals surface area contributed by atoms with Crippen molar-refractivity contribution >= 4 is 16.8 Å². The van der Waals surface area contributed by atoms with Crippen LogP contribution in [-0.2, 0) is 11.8 Å². The van der Waals surface area contributed by atoms with E-state index in [4.69, 9.17) is 9.73 Å². The lowest BCUT2D eigenvalue weighted by atomic mass is 9.85. The maximum Gasteiger partial charge on any atom is 0.219 e. The zero-order chi connectivity index (χ0) is 16.5. The van der Waals surface area contributed by atoms with E-state index in [-0.39, 0.29) is 29.6 Å². The second-order valence-electron chi connectivity index (χ2n) is 8.50. The van der Waals surface area contributed by atoms with Crippen LogP contribution in [0.15, 0.2) is 35.5 Å². The van der Waals surface area contributed by atoms with E-state index in [0.717, 1.165) is 42.9 Å². The Balaban J connectivity index is 0.00000157. The summed E-state index contributed by atoms with van der Waals surface area (Å²) in [6, 6.07) is 9.97. The van der Waals surface area contributed by atoms with Crippen molar-refractivity contribution in [3.8, 4) is 0 Å². The van der Waals surface area contributed by atoms with Crippen LogP contribution in [0.1, 0.15) is 31.2 Å². The van der Waals surface area contributed by atoms with Crippen molar-refractivity contribution in [2.24, 2.45) is 12.0 Å². The molecule has 25 heavy (non-hydrogen) atoms. The Morgan fingerprint density at radius 3 is 2.56 bits per heavy atom. The largest absolute Gasteiger partial charge is 1.00 e.